The summed E-state index contributed by atoms with van der Waals surface area (Å²) in [6.45, 7) is 0. The first kappa shape index (κ1) is 21.3. The molecule has 1 fully saturated rings. The average Bonchev–Trinajstić information content (AvgIpc) is 3.11. The monoisotopic (exact) mass is 435 g/mol. The lowest BCUT2D eigenvalue weighted by Gasteiger charge is -2.30. The number of rotatable bonds is 7. The van der Waals surface area contributed by atoms with Crippen molar-refractivity contribution in [2.24, 2.45) is 5.92 Å². The number of methoxy groups -OCH3 is 1. The second-order valence-corrected chi connectivity index (χ2v) is 8.42. The molecule has 0 aliphatic carbocycles. The van der Waals surface area contributed by atoms with Gasteiger partial charge >= 0.3 is 0 Å². The second-order valence-electron chi connectivity index (χ2n) is 7.95. The van der Waals surface area contributed by atoms with Gasteiger partial charge in [0.1, 0.15) is 17.3 Å². The topological polar surface area (TPSA) is 32.7 Å². The number of halogens is 1. The first-order chi connectivity index (χ1) is 15.1. The molecule has 0 bridgehead atoms. The van der Waals surface area contributed by atoms with Crippen molar-refractivity contribution in [1.29, 1.82) is 0 Å². The molecule has 1 heterocycles. The van der Waals surface area contributed by atoms with Crippen LogP contribution in [0.5, 0.6) is 11.5 Å². The van der Waals surface area contributed by atoms with Crippen LogP contribution in [0.4, 0.5) is 10.1 Å². The van der Waals surface area contributed by atoms with E-state index in [9.17, 15) is 9.50 Å². The highest BCUT2D eigenvalue weighted by molar-refractivity contribution is 7.80. The molecular weight excluding hydrogens is 409 g/mol. The van der Waals surface area contributed by atoms with Gasteiger partial charge in [-0.25, -0.2) is 4.39 Å². The number of anilines is 1. The highest BCUT2D eigenvalue weighted by Crippen LogP contribution is 2.47. The van der Waals surface area contributed by atoms with E-state index in [-0.39, 0.29) is 23.5 Å². The van der Waals surface area contributed by atoms with Crippen molar-refractivity contribution in [2.75, 3.05) is 12.0 Å². The number of aryl methyl sites for hydroxylation is 1. The Balaban J connectivity index is 1.60. The van der Waals surface area contributed by atoms with E-state index < -0.39 is 0 Å². The number of aromatic hydroxyl groups is 1. The molecule has 0 amide bonds. The normalized spacial score (nSPS) is 18.4. The SMILES string of the molecule is COc1ccc([C@@H]2[C@H](CCCc3ccc(F)cc3)CC(=S)N2c2ccccc2)c(O)c1. The number of ether oxygens (including phenoxy) is 1. The van der Waals surface area contributed by atoms with Crippen LogP contribution in [0.25, 0.3) is 0 Å². The van der Waals surface area contributed by atoms with Crippen molar-refractivity contribution < 1.29 is 14.2 Å². The predicted octanol–water partition coefficient (Wildman–Crippen LogP) is 6.46. The lowest BCUT2D eigenvalue weighted by molar-refractivity contribution is 0.395. The van der Waals surface area contributed by atoms with E-state index >= 15 is 0 Å². The van der Waals surface area contributed by atoms with Gasteiger partial charge < -0.3 is 14.7 Å². The van der Waals surface area contributed by atoms with Crippen LogP contribution in [-0.2, 0) is 6.42 Å². The van der Waals surface area contributed by atoms with Crippen molar-refractivity contribution in [2.45, 2.75) is 31.7 Å². The number of phenolic OH excluding ortho intramolecular Hbond substituents is 1. The van der Waals surface area contributed by atoms with Gasteiger partial charge in [-0.15, -0.1) is 0 Å². The Hall–Kier alpha value is -2.92. The number of para-hydroxylation sites is 1. The number of hydrogen-bond acceptors (Lipinski definition) is 3. The lowest BCUT2D eigenvalue weighted by Crippen LogP contribution is -2.28. The number of thiocarbonyl (C=S) groups is 1. The molecule has 1 N–H and O–H groups in total. The van der Waals surface area contributed by atoms with Gasteiger partial charge in [-0.3, -0.25) is 0 Å². The molecule has 160 valence electrons. The predicted molar refractivity (Wildman–Crippen MR) is 126 cm³/mol. The van der Waals surface area contributed by atoms with Gasteiger partial charge in [-0.2, -0.15) is 0 Å². The summed E-state index contributed by atoms with van der Waals surface area (Å²) in [6, 6.07) is 22.3. The molecule has 0 saturated carbocycles. The molecule has 4 rings (SSSR count). The van der Waals surface area contributed by atoms with Crippen LogP contribution in [0.3, 0.4) is 0 Å². The maximum absolute atomic E-state index is 13.2. The summed E-state index contributed by atoms with van der Waals surface area (Å²) < 4.78 is 18.4. The summed E-state index contributed by atoms with van der Waals surface area (Å²) in [6.07, 6.45) is 3.60. The molecule has 1 aliphatic heterocycles. The zero-order chi connectivity index (χ0) is 21.8. The molecule has 3 nitrogen and oxygen atoms in total. The van der Waals surface area contributed by atoms with Crippen molar-refractivity contribution in [3.05, 3.63) is 89.7 Å². The fourth-order valence-corrected chi connectivity index (χ4v) is 4.90. The third kappa shape index (κ3) is 4.72. The van der Waals surface area contributed by atoms with Gasteiger partial charge in [0.25, 0.3) is 0 Å². The Bertz CT molecular complexity index is 1040. The first-order valence-electron chi connectivity index (χ1n) is 10.6. The summed E-state index contributed by atoms with van der Waals surface area (Å²) >= 11 is 5.80. The van der Waals surface area contributed by atoms with Crippen molar-refractivity contribution >= 4 is 22.9 Å². The Kier molecular flexibility index (Phi) is 6.52. The van der Waals surface area contributed by atoms with Crippen LogP contribution >= 0.6 is 12.2 Å². The van der Waals surface area contributed by atoms with E-state index in [4.69, 9.17) is 17.0 Å². The minimum absolute atomic E-state index is 0.0472. The molecular formula is C26H26FNO2S. The molecule has 3 aromatic carbocycles. The standard InChI is InChI=1S/C26H26FNO2S/c1-30-22-14-15-23(24(29)17-22)26-19(7-5-6-18-10-12-20(27)13-11-18)16-25(31)28(26)21-8-3-2-4-9-21/h2-4,8-15,17,19,26,29H,5-7,16H2,1H3/t19-,26+/m1/s1. The maximum Gasteiger partial charge on any atom is 0.124 e. The van der Waals surface area contributed by atoms with E-state index in [1.807, 2.05) is 42.5 Å². The van der Waals surface area contributed by atoms with E-state index in [0.29, 0.717) is 5.75 Å². The van der Waals surface area contributed by atoms with Crippen LogP contribution < -0.4 is 9.64 Å². The van der Waals surface area contributed by atoms with Crippen molar-refractivity contribution in [3.8, 4) is 11.5 Å². The molecule has 5 heteroatoms. The molecule has 1 aliphatic rings. The highest BCUT2D eigenvalue weighted by atomic mass is 32.1. The second kappa shape index (κ2) is 9.48. The minimum Gasteiger partial charge on any atom is -0.507 e. The fraction of sp³-hybridized carbons (Fsp3) is 0.269. The summed E-state index contributed by atoms with van der Waals surface area (Å²) in [5, 5.41) is 10.8. The summed E-state index contributed by atoms with van der Waals surface area (Å²) in [5.41, 5.74) is 3.02. The van der Waals surface area contributed by atoms with Crippen LogP contribution in [0, 0.1) is 11.7 Å². The van der Waals surface area contributed by atoms with Gasteiger partial charge in [-0.05, 0) is 67.1 Å². The zero-order valence-electron chi connectivity index (χ0n) is 17.5. The molecule has 1 saturated heterocycles. The van der Waals surface area contributed by atoms with Crippen LogP contribution in [0.15, 0.2) is 72.8 Å². The van der Waals surface area contributed by atoms with Crippen LogP contribution in [0.1, 0.15) is 36.4 Å². The van der Waals surface area contributed by atoms with Crippen molar-refractivity contribution in [1.82, 2.24) is 0 Å². The van der Waals surface area contributed by atoms with E-state index in [2.05, 4.69) is 17.0 Å². The maximum atomic E-state index is 13.2. The number of hydrogen-bond donors (Lipinski definition) is 1. The minimum atomic E-state index is -0.210. The largest absolute Gasteiger partial charge is 0.507 e. The summed E-state index contributed by atoms with van der Waals surface area (Å²) in [7, 11) is 1.59. The molecule has 3 aromatic rings. The molecule has 0 unspecified atom stereocenters. The Morgan fingerprint density at radius 2 is 1.81 bits per heavy atom. The first-order valence-corrected chi connectivity index (χ1v) is 11.0. The van der Waals surface area contributed by atoms with Crippen molar-refractivity contribution in [3.63, 3.8) is 0 Å². The van der Waals surface area contributed by atoms with Crippen LogP contribution in [0.2, 0.25) is 0 Å². The number of nitrogens with zero attached hydrogens (tertiary/aromatic N) is 1. The zero-order valence-corrected chi connectivity index (χ0v) is 18.3. The smallest absolute Gasteiger partial charge is 0.124 e. The lowest BCUT2D eigenvalue weighted by atomic mass is 9.88. The van der Waals surface area contributed by atoms with E-state index in [1.165, 1.54) is 12.1 Å². The summed E-state index contributed by atoms with van der Waals surface area (Å²) in [4.78, 5) is 3.07. The molecule has 0 radical (unpaired) electrons. The molecule has 0 aromatic heterocycles. The van der Waals surface area contributed by atoms with Gasteiger partial charge in [0.15, 0.2) is 0 Å². The van der Waals surface area contributed by atoms with E-state index in [0.717, 1.165) is 47.5 Å². The van der Waals surface area contributed by atoms with Crippen LogP contribution in [-0.4, -0.2) is 17.2 Å². The number of phenols is 1. The molecule has 31 heavy (non-hydrogen) atoms. The Morgan fingerprint density at radius 3 is 2.48 bits per heavy atom. The van der Waals surface area contributed by atoms with E-state index in [1.54, 1.807) is 13.2 Å². The third-order valence-corrected chi connectivity index (χ3v) is 6.34. The average molecular weight is 436 g/mol. The van der Waals surface area contributed by atoms with Gasteiger partial charge in [-0.1, -0.05) is 42.5 Å². The fourth-order valence-electron chi connectivity index (χ4n) is 4.47. The number of benzene rings is 3. The van der Waals surface area contributed by atoms with Gasteiger partial charge in [0.2, 0.25) is 0 Å². The highest BCUT2D eigenvalue weighted by Gasteiger charge is 2.40. The quantitative estimate of drug-likeness (QED) is 0.432. The van der Waals surface area contributed by atoms with Gasteiger partial charge in [0, 0.05) is 23.7 Å². The molecule has 2 atom stereocenters. The summed E-state index contributed by atoms with van der Waals surface area (Å²) in [5.74, 6) is 0.908. The van der Waals surface area contributed by atoms with Gasteiger partial charge in [0.05, 0.1) is 18.1 Å². The Labute approximate surface area is 188 Å². The third-order valence-electron chi connectivity index (χ3n) is 5.97. The Morgan fingerprint density at radius 1 is 1.06 bits per heavy atom. The molecule has 0 spiro atoms.